The summed E-state index contributed by atoms with van der Waals surface area (Å²) in [5.41, 5.74) is 5.55. The van der Waals surface area contributed by atoms with Gasteiger partial charge in [-0.1, -0.05) is 20.8 Å². The average molecular weight is 216 g/mol. The van der Waals surface area contributed by atoms with E-state index >= 15 is 0 Å². The van der Waals surface area contributed by atoms with Gasteiger partial charge in [-0.25, -0.2) is 0 Å². The van der Waals surface area contributed by atoms with Crippen LogP contribution in [0.4, 0.5) is 0 Å². The number of nitrogens with two attached hydrogens (primary N) is 1. The highest BCUT2D eigenvalue weighted by atomic mass is 16.5. The van der Waals surface area contributed by atoms with Crippen molar-refractivity contribution < 1.29 is 9.53 Å². The van der Waals surface area contributed by atoms with Crippen molar-refractivity contribution >= 4 is 5.91 Å². The summed E-state index contributed by atoms with van der Waals surface area (Å²) >= 11 is 0. The summed E-state index contributed by atoms with van der Waals surface area (Å²) in [7, 11) is 0. The Labute approximate surface area is 92.6 Å². The summed E-state index contributed by atoms with van der Waals surface area (Å²) in [5.74, 6) is 0.495. The van der Waals surface area contributed by atoms with Gasteiger partial charge in [-0.05, 0) is 18.8 Å². The first-order valence-electron chi connectivity index (χ1n) is 5.69. The second-order valence-corrected chi connectivity index (χ2v) is 4.13. The van der Waals surface area contributed by atoms with Gasteiger partial charge in [0.25, 0.3) is 0 Å². The number of amides is 1. The van der Waals surface area contributed by atoms with Crippen LogP contribution in [0.25, 0.3) is 0 Å². The highest BCUT2D eigenvalue weighted by Gasteiger charge is 2.08. The van der Waals surface area contributed by atoms with Crippen LogP contribution in [0, 0.1) is 5.92 Å². The van der Waals surface area contributed by atoms with Gasteiger partial charge in [-0.15, -0.1) is 0 Å². The molecule has 0 heterocycles. The zero-order valence-corrected chi connectivity index (χ0v) is 10.1. The van der Waals surface area contributed by atoms with Crippen molar-refractivity contribution in [3.05, 3.63) is 0 Å². The van der Waals surface area contributed by atoms with E-state index in [0.29, 0.717) is 25.5 Å². The van der Waals surface area contributed by atoms with Crippen molar-refractivity contribution in [3.63, 3.8) is 0 Å². The second-order valence-electron chi connectivity index (χ2n) is 4.13. The molecule has 0 aromatic heterocycles. The standard InChI is InChI=1S/C11H24N2O2/c1-4-10(12)11(14)13-6-5-7-15-8-9(2)3/h9-10H,4-8,12H2,1-3H3,(H,13,14)/t10-/m1/s1. The van der Waals surface area contributed by atoms with Crippen molar-refractivity contribution in [3.8, 4) is 0 Å². The normalized spacial score (nSPS) is 12.9. The second kappa shape index (κ2) is 8.68. The van der Waals surface area contributed by atoms with E-state index in [0.717, 1.165) is 13.0 Å². The van der Waals surface area contributed by atoms with Crippen molar-refractivity contribution in [1.29, 1.82) is 0 Å². The van der Waals surface area contributed by atoms with Gasteiger partial charge in [0.2, 0.25) is 5.91 Å². The van der Waals surface area contributed by atoms with Gasteiger partial charge in [0.1, 0.15) is 0 Å². The Morgan fingerprint density at radius 1 is 1.47 bits per heavy atom. The summed E-state index contributed by atoms with van der Waals surface area (Å²) in [6.45, 7) is 8.24. The van der Waals surface area contributed by atoms with Gasteiger partial charge in [0.15, 0.2) is 0 Å². The van der Waals surface area contributed by atoms with Gasteiger partial charge in [-0.3, -0.25) is 4.79 Å². The molecular formula is C11H24N2O2. The maximum atomic E-state index is 11.2. The lowest BCUT2D eigenvalue weighted by atomic mass is 10.2. The molecule has 0 aliphatic carbocycles. The number of nitrogens with one attached hydrogen (secondary N) is 1. The van der Waals surface area contributed by atoms with E-state index in [1.165, 1.54) is 0 Å². The fraction of sp³-hybridized carbons (Fsp3) is 0.909. The molecule has 0 aliphatic heterocycles. The largest absolute Gasteiger partial charge is 0.381 e. The molecule has 0 aliphatic rings. The number of ether oxygens (including phenoxy) is 1. The maximum Gasteiger partial charge on any atom is 0.236 e. The van der Waals surface area contributed by atoms with Crippen LogP contribution >= 0.6 is 0 Å². The van der Waals surface area contributed by atoms with E-state index in [2.05, 4.69) is 19.2 Å². The van der Waals surface area contributed by atoms with Gasteiger partial charge in [0, 0.05) is 19.8 Å². The van der Waals surface area contributed by atoms with E-state index in [9.17, 15) is 4.79 Å². The van der Waals surface area contributed by atoms with Crippen molar-refractivity contribution in [2.45, 2.75) is 39.7 Å². The lowest BCUT2D eigenvalue weighted by Gasteiger charge is -2.10. The molecule has 0 aromatic carbocycles. The molecule has 0 fully saturated rings. The SMILES string of the molecule is CC[C@@H](N)C(=O)NCCCOCC(C)C. The summed E-state index contributed by atoms with van der Waals surface area (Å²) in [6, 6.07) is -0.374. The van der Waals surface area contributed by atoms with Crippen LogP contribution in [0.5, 0.6) is 0 Å². The molecule has 0 spiro atoms. The highest BCUT2D eigenvalue weighted by molar-refractivity contribution is 5.81. The third-order valence-corrected chi connectivity index (χ3v) is 1.99. The predicted octanol–water partition coefficient (Wildman–Crippen LogP) is 0.903. The van der Waals surface area contributed by atoms with Crippen LogP contribution in [0.15, 0.2) is 0 Å². The van der Waals surface area contributed by atoms with E-state index in [1.807, 2.05) is 6.92 Å². The number of carbonyl (C=O) groups excluding carboxylic acids is 1. The minimum absolute atomic E-state index is 0.0682. The van der Waals surface area contributed by atoms with E-state index in [1.54, 1.807) is 0 Å². The van der Waals surface area contributed by atoms with E-state index < -0.39 is 0 Å². The first-order chi connectivity index (χ1) is 7.07. The first kappa shape index (κ1) is 14.4. The molecule has 4 nitrogen and oxygen atoms in total. The number of hydrogen-bond donors (Lipinski definition) is 2. The molecule has 0 saturated heterocycles. The Kier molecular flexibility index (Phi) is 8.33. The summed E-state index contributed by atoms with van der Waals surface area (Å²) in [6.07, 6.45) is 1.52. The summed E-state index contributed by atoms with van der Waals surface area (Å²) < 4.78 is 5.38. The first-order valence-corrected chi connectivity index (χ1v) is 5.69. The molecule has 1 atom stereocenters. The predicted molar refractivity (Wildman–Crippen MR) is 61.6 cm³/mol. The molecule has 1 amide bonds. The molecule has 0 radical (unpaired) electrons. The van der Waals surface area contributed by atoms with Gasteiger partial charge in [-0.2, -0.15) is 0 Å². The zero-order chi connectivity index (χ0) is 11.7. The van der Waals surface area contributed by atoms with Crippen molar-refractivity contribution in [1.82, 2.24) is 5.32 Å². The monoisotopic (exact) mass is 216 g/mol. The lowest BCUT2D eigenvalue weighted by molar-refractivity contribution is -0.122. The van der Waals surface area contributed by atoms with Gasteiger partial charge >= 0.3 is 0 Å². The quantitative estimate of drug-likeness (QED) is 0.593. The highest BCUT2D eigenvalue weighted by Crippen LogP contribution is 1.93. The Morgan fingerprint density at radius 3 is 2.67 bits per heavy atom. The minimum atomic E-state index is -0.374. The Balaban J connectivity index is 3.27. The molecule has 3 N–H and O–H groups in total. The molecule has 0 saturated carbocycles. The number of rotatable bonds is 8. The molecule has 4 heteroatoms. The van der Waals surface area contributed by atoms with E-state index in [-0.39, 0.29) is 11.9 Å². The Bertz CT molecular complexity index is 172. The molecule has 0 rings (SSSR count). The third kappa shape index (κ3) is 8.39. The smallest absolute Gasteiger partial charge is 0.236 e. The summed E-state index contributed by atoms with van der Waals surface area (Å²) in [4.78, 5) is 11.2. The Hall–Kier alpha value is -0.610. The van der Waals surface area contributed by atoms with Crippen LogP contribution in [-0.2, 0) is 9.53 Å². The molecule has 0 bridgehead atoms. The van der Waals surface area contributed by atoms with Crippen LogP contribution < -0.4 is 11.1 Å². The molecule has 0 unspecified atom stereocenters. The number of hydrogen-bond acceptors (Lipinski definition) is 3. The van der Waals surface area contributed by atoms with Crippen LogP contribution in [0.1, 0.15) is 33.6 Å². The lowest BCUT2D eigenvalue weighted by Crippen LogP contribution is -2.40. The maximum absolute atomic E-state index is 11.2. The van der Waals surface area contributed by atoms with Crippen molar-refractivity contribution in [2.75, 3.05) is 19.8 Å². The molecule has 0 aromatic rings. The van der Waals surface area contributed by atoms with E-state index in [4.69, 9.17) is 10.5 Å². The molecule has 15 heavy (non-hydrogen) atoms. The Morgan fingerprint density at radius 2 is 2.13 bits per heavy atom. The zero-order valence-electron chi connectivity index (χ0n) is 10.1. The fourth-order valence-electron chi connectivity index (χ4n) is 1.02. The van der Waals surface area contributed by atoms with Gasteiger partial charge < -0.3 is 15.8 Å². The minimum Gasteiger partial charge on any atom is -0.381 e. The summed E-state index contributed by atoms with van der Waals surface area (Å²) in [5, 5.41) is 2.78. The third-order valence-electron chi connectivity index (χ3n) is 1.99. The van der Waals surface area contributed by atoms with Crippen LogP contribution in [-0.4, -0.2) is 31.7 Å². The number of carbonyl (C=O) groups is 1. The van der Waals surface area contributed by atoms with Crippen molar-refractivity contribution in [2.24, 2.45) is 11.7 Å². The average Bonchev–Trinajstić information content (AvgIpc) is 2.21. The van der Waals surface area contributed by atoms with Crippen LogP contribution in [0.2, 0.25) is 0 Å². The van der Waals surface area contributed by atoms with Crippen LogP contribution in [0.3, 0.4) is 0 Å². The fourth-order valence-corrected chi connectivity index (χ4v) is 1.02. The molecule has 90 valence electrons. The van der Waals surface area contributed by atoms with Gasteiger partial charge in [0.05, 0.1) is 6.04 Å². The molecular weight excluding hydrogens is 192 g/mol. The topological polar surface area (TPSA) is 64.4 Å².